The Morgan fingerprint density at radius 1 is 1.43 bits per heavy atom. The zero-order valence-corrected chi connectivity index (χ0v) is 13.0. The van der Waals surface area contributed by atoms with E-state index < -0.39 is 10.9 Å². The van der Waals surface area contributed by atoms with Crippen LogP contribution in [0.5, 0.6) is 0 Å². The van der Waals surface area contributed by atoms with Gasteiger partial charge in [0.15, 0.2) is 5.78 Å². The summed E-state index contributed by atoms with van der Waals surface area (Å²) in [4.78, 5) is 40.7. The maximum atomic E-state index is 12.4. The van der Waals surface area contributed by atoms with E-state index in [2.05, 4.69) is 9.97 Å². The number of hydrogen-bond acceptors (Lipinski definition) is 6. The minimum Gasteiger partial charge on any atom is -0.461 e. The molecule has 0 unspecified atom stereocenters. The second-order valence-electron chi connectivity index (χ2n) is 4.93. The number of nitrogens with zero attached hydrogens (tertiary/aromatic N) is 3. The molecule has 0 bridgehead atoms. The number of nitro groups is 1. The van der Waals surface area contributed by atoms with Gasteiger partial charge in [-0.15, -0.1) is 0 Å². The fourth-order valence-corrected chi connectivity index (χ4v) is 2.35. The number of rotatable bonds is 6. The van der Waals surface area contributed by atoms with Crippen LogP contribution >= 0.6 is 0 Å². The fraction of sp³-hybridized carbons (Fsp3) is 0.357. The monoisotopic (exact) mass is 320 g/mol. The molecule has 2 rings (SSSR count). The van der Waals surface area contributed by atoms with Crippen molar-refractivity contribution in [3.8, 4) is 0 Å². The van der Waals surface area contributed by atoms with E-state index in [1.165, 1.54) is 17.1 Å². The molecule has 9 nitrogen and oxygen atoms in total. The minimum atomic E-state index is -0.632. The Bertz CT molecular complexity index is 774. The van der Waals surface area contributed by atoms with Gasteiger partial charge in [0, 0.05) is 11.3 Å². The van der Waals surface area contributed by atoms with Crippen molar-refractivity contribution in [3.63, 3.8) is 0 Å². The average molecular weight is 320 g/mol. The summed E-state index contributed by atoms with van der Waals surface area (Å²) in [5.74, 6) is -1.13. The molecule has 0 atom stereocenters. The van der Waals surface area contributed by atoms with Crippen LogP contribution in [-0.2, 0) is 11.3 Å². The second-order valence-corrected chi connectivity index (χ2v) is 4.93. The smallest absolute Gasteiger partial charge is 0.381 e. The molecule has 0 aromatic carbocycles. The number of carbonyl (C=O) groups excluding carboxylic acids is 2. The Kier molecular flexibility index (Phi) is 4.58. The molecule has 0 fully saturated rings. The molecule has 0 saturated carbocycles. The first-order valence-corrected chi connectivity index (χ1v) is 6.90. The number of esters is 1. The third kappa shape index (κ3) is 3.28. The Morgan fingerprint density at radius 3 is 2.70 bits per heavy atom. The zero-order valence-electron chi connectivity index (χ0n) is 13.0. The largest absolute Gasteiger partial charge is 0.461 e. The Hall–Kier alpha value is -2.97. The van der Waals surface area contributed by atoms with E-state index in [9.17, 15) is 19.7 Å². The van der Waals surface area contributed by atoms with Crippen molar-refractivity contribution in [1.82, 2.24) is 14.5 Å². The van der Waals surface area contributed by atoms with E-state index >= 15 is 0 Å². The van der Waals surface area contributed by atoms with Gasteiger partial charge in [-0.05, 0) is 36.2 Å². The van der Waals surface area contributed by atoms with Crippen LogP contribution in [0.3, 0.4) is 0 Å². The van der Waals surface area contributed by atoms with Crippen LogP contribution < -0.4 is 0 Å². The van der Waals surface area contributed by atoms with E-state index in [1.807, 2.05) is 0 Å². The molecule has 0 aliphatic heterocycles. The molecular weight excluding hydrogens is 304 g/mol. The number of carbonyl (C=O) groups is 2. The Labute approximate surface area is 131 Å². The predicted molar refractivity (Wildman–Crippen MR) is 79.4 cm³/mol. The third-order valence-corrected chi connectivity index (χ3v) is 3.33. The lowest BCUT2D eigenvalue weighted by Gasteiger charge is -2.03. The number of Topliss-reactive ketones (excluding diaryl/α,β-unsaturated/α-hetero) is 1. The average Bonchev–Trinajstić information content (AvgIpc) is 3.04. The van der Waals surface area contributed by atoms with Crippen LogP contribution in [0, 0.1) is 24.0 Å². The zero-order chi connectivity index (χ0) is 17.1. The Morgan fingerprint density at radius 2 is 2.13 bits per heavy atom. The summed E-state index contributed by atoms with van der Waals surface area (Å²) in [6.07, 6.45) is 2.40. The topological polar surface area (TPSA) is 120 Å². The highest BCUT2D eigenvalue weighted by Gasteiger charge is 2.23. The molecule has 2 aromatic heterocycles. The maximum absolute atomic E-state index is 12.4. The lowest BCUT2D eigenvalue weighted by atomic mass is 10.1. The van der Waals surface area contributed by atoms with Crippen molar-refractivity contribution >= 4 is 17.6 Å². The quantitative estimate of drug-likeness (QED) is 0.375. The summed E-state index contributed by atoms with van der Waals surface area (Å²) in [5, 5.41) is 10.6. The van der Waals surface area contributed by atoms with E-state index in [4.69, 9.17) is 4.74 Å². The molecule has 0 radical (unpaired) electrons. The van der Waals surface area contributed by atoms with Crippen molar-refractivity contribution in [2.75, 3.05) is 6.61 Å². The van der Waals surface area contributed by atoms with E-state index in [0.717, 1.165) is 0 Å². The van der Waals surface area contributed by atoms with E-state index in [0.29, 0.717) is 16.8 Å². The van der Waals surface area contributed by atoms with Gasteiger partial charge < -0.3 is 24.4 Å². The molecule has 0 spiro atoms. The van der Waals surface area contributed by atoms with Crippen LogP contribution in [0.2, 0.25) is 0 Å². The molecule has 1 N–H and O–H groups in total. The van der Waals surface area contributed by atoms with Crippen molar-refractivity contribution in [1.29, 1.82) is 0 Å². The summed E-state index contributed by atoms with van der Waals surface area (Å²) < 4.78 is 6.26. The van der Waals surface area contributed by atoms with Crippen LogP contribution in [0.25, 0.3) is 0 Å². The van der Waals surface area contributed by atoms with Gasteiger partial charge in [-0.2, -0.15) is 0 Å². The number of ketones is 1. The van der Waals surface area contributed by atoms with Gasteiger partial charge in [-0.1, -0.05) is 0 Å². The summed E-state index contributed by atoms with van der Waals surface area (Å²) in [6.45, 7) is 5.15. The molecule has 23 heavy (non-hydrogen) atoms. The van der Waals surface area contributed by atoms with Crippen molar-refractivity contribution in [2.24, 2.45) is 0 Å². The van der Waals surface area contributed by atoms with Gasteiger partial charge in [0.2, 0.25) is 6.33 Å². The molecule has 2 aromatic rings. The first-order chi connectivity index (χ1) is 10.8. The first kappa shape index (κ1) is 16.4. The summed E-state index contributed by atoms with van der Waals surface area (Å²) in [7, 11) is 0. The highest BCUT2D eigenvalue weighted by molar-refractivity contribution is 6.02. The second kappa shape index (κ2) is 6.42. The number of imidazole rings is 1. The standard InChI is InChI=1S/C14H16N4O5/c1-4-23-14(20)13-8(2)12(9(3)16-13)10(19)5-17-6-11(15-7-17)18(21)22/h6-7,16H,4-5H2,1-3H3. The van der Waals surface area contributed by atoms with E-state index in [1.54, 1.807) is 20.8 Å². The van der Waals surface area contributed by atoms with Gasteiger partial charge in [0.25, 0.3) is 0 Å². The molecule has 2 heterocycles. The SMILES string of the molecule is CCOC(=O)c1[nH]c(C)c(C(=O)Cn2cnc([N+](=O)[O-])c2)c1C. The van der Waals surface area contributed by atoms with Gasteiger partial charge in [0.05, 0.1) is 13.2 Å². The minimum absolute atomic E-state index is 0.108. The summed E-state index contributed by atoms with van der Waals surface area (Å²) in [5.41, 5.74) is 1.67. The van der Waals surface area contributed by atoms with Crippen LogP contribution in [0.15, 0.2) is 12.5 Å². The van der Waals surface area contributed by atoms with E-state index in [-0.39, 0.29) is 30.4 Å². The molecule has 0 amide bonds. The number of ether oxygens (including phenoxy) is 1. The third-order valence-electron chi connectivity index (χ3n) is 3.33. The summed E-state index contributed by atoms with van der Waals surface area (Å²) in [6, 6.07) is 0. The molecule has 0 aliphatic rings. The van der Waals surface area contributed by atoms with Crippen LogP contribution in [0.4, 0.5) is 5.82 Å². The number of aromatic nitrogens is 3. The number of hydrogen-bond donors (Lipinski definition) is 1. The first-order valence-electron chi connectivity index (χ1n) is 6.90. The van der Waals surface area contributed by atoms with Gasteiger partial charge in [-0.3, -0.25) is 4.79 Å². The number of aryl methyl sites for hydroxylation is 1. The predicted octanol–water partition coefficient (Wildman–Crippen LogP) is 1.80. The van der Waals surface area contributed by atoms with Crippen LogP contribution in [0.1, 0.15) is 39.0 Å². The van der Waals surface area contributed by atoms with Crippen molar-refractivity contribution < 1.29 is 19.2 Å². The Balaban J connectivity index is 2.25. The van der Waals surface area contributed by atoms with Crippen molar-refractivity contribution in [2.45, 2.75) is 27.3 Å². The molecule has 0 aliphatic carbocycles. The number of nitrogens with one attached hydrogen (secondary N) is 1. The van der Waals surface area contributed by atoms with Gasteiger partial charge in [-0.25, -0.2) is 4.79 Å². The molecule has 9 heteroatoms. The number of aromatic amines is 1. The van der Waals surface area contributed by atoms with Crippen molar-refractivity contribution in [3.05, 3.63) is 45.2 Å². The highest BCUT2D eigenvalue weighted by atomic mass is 16.6. The lowest BCUT2D eigenvalue weighted by molar-refractivity contribution is -0.389. The molecule has 122 valence electrons. The lowest BCUT2D eigenvalue weighted by Crippen LogP contribution is -2.11. The molecule has 0 saturated heterocycles. The molecular formula is C14H16N4O5. The van der Waals surface area contributed by atoms with Crippen LogP contribution in [-0.4, -0.2) is 37.8 Å². The highest BCUT2D eigenvalue weighted by Crippen LogP contribution is 2.20. The maximum Gasteiger partial charge on any atom is 0.381 e. The van der Waals surface area contributed by atoms with Gasteiger partial charge in [0.1, 0.15) is 11.9 Å². The normalized spacial score (nSPS) is 10.6. The summed E-state index contributed by atoms with van der Waals surface area (Å²) >= 11 is 0. The van der Waals surface area contributed by atoms with Gasteiger partial charge >= 0.3 is 11.8 Å². The number of H-pyrrole nitrogens is 1. The fourth-order valence-electron chi connectivity index (χ4n) is 2.35.